The average Bonchev–Trinajstić information content (AvgIpc) is 2.67. The Morgan fingerprint density at radius 1 is 1.25 bits per heavy atom. The number of ether oxygens (including phenoxy) is 1. The minimum Gasteiger partial charge on any atom is -0.439 e. The van der Waals surface area contributed by atoms with Gasteiger partial charge in [0.25, 0.3) is 0 Å². The van der Waals surface area contributed by atoms with Crippen LogP contribution in [0, 0.1) is 6.92 Å². The van der Waals surface area contributed by atoms with Gasteiger partial charge in [-0.25, -0.2) is 4.98 Å². The molecule has 2 N–H and O–H groups in total. The molecule has 0 saturated carbocycles. The third-order valence-corrected chi connectivity index (χ3v) is 4.65. The van der Waals surface area contributed by atoms with Crippen molar-refractivity contribution in [2.45, 2.75) is 32.6 Å². The lowest BCUT2D eigenvalue weighted by atomic mass is 9.96. The summed E-state index contributed by atoms with van der Waals surface area (Å²) in [6.45, 7) is 8.66. The molecule has 1 aliphatic rings. The molecule has 7 nitrogen and oxygen atoms in total. The number of nitrogens with zero attached hydrogens (tertiary/aromatic N) is 3. The van der Waals surface area contributed by atoms with Crippen LogP contribution in [-0.2, 0) is 4.79 Å². The Labute approximate surface area is 164 Å². The van der Waals surface area contributed by atoms with Gasteiger partial charge in [-0.2, -0.15) is 4.98 Å². The summed E-state index contributed by atoms with van der Waals surface area (Å²) in [5.41, 5.74) is 6.99. The average molecular weight is 380 g/mol. The van der Waals surface area contributed by atoms with E-state index in [2.05, 4.69) is 16.5 Å². The van der Waals surface area contributed by atoms with Crippen molar-refractivity contribution in [3.05, 3.63) is 59.6 Å². The minimum atomic E-state index is -0.488. The van der Waals surface area contributed by atoms with Crippen molar-refractivity contribution >= 4 is 11.8 Å². The van der Waals surface area contributed by atoms with Crippen molar-refractivity contribution in [2.75, 3.05) is 13.1 Å². The molecule has 1 aliphatic heterocycles. The van der Waals surface area contributed by atoms with Crippen LogP contribution in [0.25, 0.3) is 0 Å². The highest BCUT2D eigenvalue weighted by molar-refractivity contribution is 5.93. The normalized spacial score (nSPS) is 16.5. The molecule has 7 heteroatoms. The number of aromatic nitrogens is 2. The summed E-state index contributed by atoms with van der Waals surface area (Å²) in [5, 5.41) is 0. The van der Waals surface area contributed by atoms with E-state index in [1.54, 1.807) is 37.3 Å². The first kappa shape index (κ1) is 19.5. The van der Waals surface area contributed by atoms with E-state index >= 15 is 0 Å². The van der Waals surface area contributed by atoms with Gasteiger partial charge >= 0.3 is 0 Å². The predicted molar refractivity (Wildman–Crippen MR) is 105 cm³/mol. The standard InChI is InChI=1S/C21H24N4O3/c1-13(2)21(27)25-10-4-5-16(12-25)20-23-14(3)11-18(24-20)28-17-8-6-15(7-9-17)19(22)26/h6-9,11,16H,1,4-5,10,12H2,2-3H3,(H2,22,26). The number of benzene rings is 1. The molecule has 146 valence electrons. The van der Waals surface area contributed by atoms with Crippen LogP contribution >= 0.6 is 0 Å². The van der Waals surface area contributed by atoms with Crippen LogP contribution in [0.15, 0.2) is 42.5 Å². The molecular weight excluding hydrogens is 356 g/mol. The first-order valence-electron chi connectivity index (χ1n) is 9.21. The van der Waals surface area contributed by atoms with Crippen molar-refractivity contribution in [1.82, 2.24) is 14.9 Å². The Bertz CT molecular complexity index is 908. The molecule has 0 bridgehead atoms. The van der Waals surface area contributed by atoms with Crippen molar-refractivity contribution in [2.24, 2.45) is 5.73 Å². The van der Waals surface area contributed by atoms with E-state index in [0.29, 0.717) is 35.1 Å². The number of likely N-dealkylation sites (tertiary alicyclic amines) is 1. The van der Waals surface area contributed by atoms with Crippen LogP contribution in [-0.4, -0.2) is 39.8 Å². The lowest BCUT2D eigenvalue weighted by molar-refractivity contribution is -0.128. The summed E-state index contributed by atoms with van der Waals surface area (Å²) in [5.74, 6) is 1.19. The van der Waals surface area contributed by atoms with Gasteiger partial charge in [-0.05, 0) is 51.0 Å². The summed E-state index contributed by atoms with van der Waals surface area (Å²) in [6, 6.07) is 8.31. The molecule has 0 radical (unpaired) electrons. The number of hydrogen-bond acceptors (Lipinski definition) is 5. The molecule has 1 unspecified atom stereocenters. The minimum absolute atomic E-state index is 0.0247. The van der Waals surface area contributed by atoms with Gasteiger partial charge in [0.1, 0.15) is 11.6 Å². The van der Waals surface area contributed by atoms with E-state index in [0.717, 1.165) is 25.1 Å². The predicted octanol–water partition coefficient (Wildman–Crippen LogP) is 2.96. The highest BCUT2D eigenvalue weighted by atomic mass is 16.5. The molecular formula is C21H24N4O3. The molecule has 1 fully saturated rings. The maximum atomic E-state index is 12.3. The molecule has 2 amide bonds. The van der Waals surface area contributed by atoms with Gasteiger partial charge in [0, 0.05) is 41.9 Å². The fourth-order valence-corrected chi connectivity index (χ4v) is 3.25. The molecule has 0 spiro atoms. The van der Waals surface area contributed by atoms with Gasteiger partial charge in [0.2, 0.25) is 17.7 Å². The van der Waals surface area contributed by atoms with E-state index in [4.69, 9.17) is 10.5 Å². The van der Waals surface area contributed by atoms with Crippen LogP contribution in [0.5, 0.6) is 11.6 Å². The summed E-state index contributed by atoms with van der Waals surface area (Å²) in [6.07, 6.45) is 1.81. The second-order valence-corrected chi connectivity index (χ2v) is 7.07. The summed E-state index contributed by atoms with van der Waals surface area (Å²) >= 11 is 0. The second kappa shape index (κ2) is 8.21. The third kappa shape index (κ3) is 4.54. The van der Waals surface area contributed by atoms with E-state index in [1.165, 1.54) is 0 Å². The molecule has 2 heterocycles. The second-order valence-electron chi connectivity index (χ2n) is 7.07. The number of rotatable bonds is 5. The number of piperidine rings is 1. The fourth-order valence-electron chi connectivity index (χ4n) is 3.25. The molecule has 3 rings (SSSR count). The number of primary amides is 1. The van der Waals surface area contributed by atoms with E-state index < -0.39 is 5.91 Å². The van der Waals surface area contributed by atoms with E-state index in [1.807, 2.05) is 11.8 Å². The first-order chi connectivity index (χ1) is 13.3. The van der Waals surface area contributed by atoms with Gasteiger partial charge in [-0.1, -0.05) is 6.58 Å². The van der Waals surface area contributed by atoms with Gasteiger partial charge in [0.05, 0.1) is 0 Å². The van der Waals surface area contributed by atoms with Gasteiger partial charge in [0.15, 0.2) is 0 Å². The summed E-state index contributed by atoms with van der Waals surface area (Å²) in [7, 11) is 0. The molecule has 1 aromatic heterocycles. The maximum absolute atomic E-state index is 12.3. The van der Waals surface area contributed by atoms with E-state index in [-0.39, 0.29) is 11.8 Å². The van der Waals surface area contributed by atoms with Crippen molar-refractivity contribution in [3.8, 4) is 11.6 Å². The van der Waals surface area contributed by atoms with Crippen LogP contribution in [0.2, 0.25) is 0 Å². The summed E-state index contributed by atoms with van der Waals surface area (Å²) < 4.78 is 5.84. The van der Waals surface area contributed by atoms with Crippen LogP contribution < -0.4 is 10.5 Å². The largest absolute Gasteiger partial charge is 0.439 e. The zero-order chi connectivity index (χ0) is 20.3. The van der Waals surface area contributed by atoms with Crippen LogP contribution in [0.3, 0.4) is 0 Å². The van der Waals surface area contributed by atoms with Gasteiger partial charge in [-0.3, -0.25) is 9.59 Å². The van der Waals surface area contributed by atoms with E-state index in [9.17, 15) is 9.59 Å². The molecule has 1 aromatic carbocycles. The van der Waals surface area contributed by atoms with Crippen LogP contribution in [0.1, 0.15) is 47.6 Å². The van der Waals surface area contributed by atoms with Crippen molar-refractivity contribution in [1.29, 1.82) is 0 Å². The Morgan fingerprint density at radius 2 is 1.96 bits per heavy atom. The smallest absolute Gasteiger partial charge is 0.248 e. The fraction of sp³-hybridized carbons (Fsp3) is 0.333. The summed E-state index contributed by atoms with van der Waals surface area (Å²) in [4.78, 5) is 34.4. The Hall–Kier alpha value is -3.22. The van der Waals surface area contributed by atoms with Crippen LogP contribution in [0.4, 0.5) is 0 Å². The SMILES string of the molecule is C=C(C)C(=O)N1CCCC(c2nc(C)cc(Oc3ccc(C(N)=O)cc3)n2)C1. The highest BCUT2D eigenvalue weighted by Gasteiger charge is 2.27. The zero-order valence-electron chi connectivity index (χ0n) is 16.1. The lowest BCUT2D eigenvalue weighted by Gasteiger charge is -2.32. The van der Waals surface area contributed by atoms with Gasteiger partial charge in [-0.15, -0.1) is 0 Å². The Morgan fingerprint density at radius 3 is 2.61 bits per heavy atom. The number of nitrogens with two attached hydrogens (primary N) is 1. The highest BCUT2D eigenvalue weighted by Crippen LogP contribution is 2.28. The maximum Gasteiger partial charge on any atom is 0.248 e. The Kier molecular flexibility index (Phi) is 5.73. The third-order valence-electron chi connectivity index (χ3n) is 4.65. The number of aryl methyl sites for hydroxylation is 1. The van der Waals surface area contributed by atoms with Gasteiger partial charge < -0.3 is 15.4 Å². The topological polar surface area (TPSA) is 98.4 Å². The number of carbonyl (C=O) groups excluding carboxylic acids is 2. The molecule has 2 aromatic rings. The number of carbonyl (C=O) groups is 2. The molecule has 1 saturated heterocycles. The number of amides is 2. The first-order valence-corrected chi connectivity index (χ1v) is 9.21. The monoisotopic (exact) mass is 380 g/mol. The lowest BCUT2D eigenvalue weighted by Crippen LogP contribution is -2.39. The number of hydrogen-bond donors (Lipinski definition) is 1. The molecule has 28 heavy (non-hydrogen) atoms. The van der Waals surface area contributed by atoms with Crippen molar-refractivity contribution in [3.63, 3.8) is 0 Å². The molecule has 1 atom stereocenters. The molecule has 0 aliphatic carbocycles. The Balaban J connectivity index is 1.78. The quantitative estimate of drug-likeness (QED) is 0.804. The van der Waals surface area contributed by atoms with Crippen molar-refractivity contribution < 1.29 is 14.3 Å². The zero-order valence-corrected chi connectivity index (χ0v) is 16.1.